The minimum absolute atomic E-state index is 0.0987. The largest absolute Gasteiger partial charge is 0.395 e. The molecule has 0 atom stereocenters. The lowest BCUT2D eigenvalue weighted by Crippen LogP contribution is -2.29. The molecule has 98 valence electrons. The summed E-state index contributed by atoms with van der Waals surface area (Å²) in [4.78, 5) is 6.57. The van der Waals surface area contributed by atoms with Gasteiger partial charge in [-0.2, -0.15) is 11.3 Å². The molecule has 0 saturated heterocycles. The van der Waals surface area contributed by atoms with Crippen molar-refractivity contribution >= 4 is 22.7 Å². The van der Waals surface area contributed by atoms with Crippen LogP contribution in [0.4, 0.5) is 0 Å². The summed E-state index contributed by atoms with van der Waals surface area (Å²) in [6, 6.07) is 2.06. The van der Waals surface area contributed by atoms with Crippen LogP contribution in [0.15, 0.2) is 22.2 Å². The summed E-state index contributed by atoms with van der Waals surface area (Å²) >= 11 is 3.29. The Morgan fingerprint density at radius 2 is 1.94 bits per heavy atom. The molecule has 0 unspecified atom stereocenters. The number of hydrogen-bond acceptors (Lipinski definition) is 6. The number of aromatic nitrogens is 1. The van der Waals surface area contributed by atoms with Crippen molar-refractivity contribution < 1.29 is 10.2 Å². The molecule has 2 aromatic rings. The average Bonchev–Trinajstić information content (AvgIpc) is 2.98. The van der Waals surface area contributed by atoms with Gasteiger partial charge in [0.15, 0.2) is 0 Å². The molecule has 6 heteroatoms. The summed E-state index contributed by atoms with van der Waals surface area (Å²) < 4.78 is 0. The first-order valence-corrected chi connectivity index (χ1v) is 7.56. The molecule has 2 heterocycles. The molecule has 18 heavy (non-hydrogen) atoms. The second kappa shape index (κ2) is 6.96. The fraction of sp³-hybridized carbons (Fsp3) is 0.417. The van der Waals surface area contributed by atoms with Crippen molar-refractivity contribution in [2.75, 3.05) is 26.3 Å². The van der Waals surface area contributed by atoms with Crippen molar-refractivity contribution in [2.45, 2.75) is 6.54 Å². The topological polar surface area (TPSA) is 56.6 Å². The molecule has 4 nitrogen and oxygen atoms in total. The van der Waals surface area contributed by atoms with Crippen LogP contribution in [-0.4, -0.2) is 46.4 Å². The van der Waals surface area contributed by atoms with Crippen LogP contribution in [0.2, 0.25) is 0 Å². The van der Waals surface area contributed by atoms with Crippen molar-refractivity contribution in [1.29, 1.82) is 0 Å². The summed E-state index contributed by atoms with van der Waals surface area (Å²) in [5.74, 6) is 0. The Bertz CT molecular complexity index is 450. The fourth-order valence-corrected chi connectivity index (χ4v) is 3.20. The number of aliphatic hydroxyl groups excluding tert-OH is 2. The minimum atomic E-state index is 0.0987. The normalized spacial score (nSPS) is 11.3. The van der Waals surface area contributed by atoms with E-state index in [1.165, 1.54) is 0 Å². The van der Waals surface area contributed by atoms with Crippen molar-refractivity contribution in [3.8, 4) is 10.6 Å². The standard InChI is InChI=1S/C12H16N2O2S2/c15-4-2-14(3-5-16)7-11-9-18-12(13-11)10-1-6-17-8-10/h1,6,8-9,15-16H,2-5,7H2. The number of aliphatic hydroxyl groups is 2. The predicted molar refractivity (Wildman–Crippen MR) is 74.9 cm³/mol. The van der Waals surface area contributed by atoms with Gasteiger partial charge in [0.2, 0.25) is 0 Å². The number of thiazole rings is 1. The van der Waals surface area contributed by atoms with Gasteiger partial charge in [0, 0.05) is 36.0 Å². The van der Waals surface area contributed by atoms with Crippen LogP contribution in [0.3, 0.4) is 0 Å². The first-order valence-electron chi connectivity index (χ1n) is 5.74. The second-order valence-electron chi connectivity index (χ2n) is 3.88. The molecule has 2 aromatic heterocycles. The van der Waals surface area contributed by atoms with E-state index >= 15 is 0 Å². The van der Waals surface area contributed by atoms with Crippen molar-refractivity contribution in [3.05, 3.63) is 27.9 Å². The molecule has 0 aliphatic carbocycles. The average molecular weight is 284 g/mol. The molecule has 0 spiro atoms. The van der Waals surface area contributed by atoms with Crippen LogP contribution in [-0.2, 0) is 6.54 Å². The van der Waals surface area contributed by atoms with Gasteiger partial charge in [0.1, 0.15) is 5.01 Å². The van der Waals surface area contributed by atoms with Crippen LogP contribution < -0.4 is 0 Å². The monoisotopic (exact) mass is 284 g/mol. The maximum absolute atomic E-state index is 8.96. The van der Waals surface area contributed by atoms with E-state index in [1.807, 2.05) is 15.7 Å². The van der Waals surface area contributed by atoms with Gasteiger partial charge in [0.05, 0.1) is 18.9 Å². The minimum Gasteiger partial charge on any atom is -0.395 e. The summed E-state index contributed by atoms with van der Waals surface area (Å²) in [6.45, 7) is 1.99. The summed E-state index contributed by atoms with van der Waals surface area (Å²) in [6.07, 6.45) is 0. The van der Waals surface area contributed by atoms with Gasteiger partial charge in [-0.15, -0.1) is 11.3 Å². The third-order valence-electron chi connectivity index (χ3n) is 2.54. The van der Waals surface area contributed by atoms with E-state index in [4.69, 9.17) is 10.2 Å². The van der Waals surface area contributed by atoms with Crippen molar-refractivity contribution in [3.63, 3.8) is 0 Å². The number of nitrogens with zero attached hydrogens (tertiary/aromatic N) is 2. The van der Waals surface area contributed by atoms with Crippen LogP contribution >= 0.6 is 22.7 Å². The van der Waals surface area contributed by atoms with Crippen LogP contribution in [0.5, 0.6) is 0 Å². The Balaban J connectivity index is 2.01. The zero-order valence-corrected chi connectivity index (χ0v) is 11.6. The highest BCUT2D eigenvalue weighted by Crippen LogP contribution is 2.26. The molecule has 2 rings (SSSR count). The van der Waals surface area contributed by atoms with Crippen LogP contribution in [0.25, 0.3) is 10.6 Å². The Labute approximate surface area is 114 Å². The fourth-order valence-electron chi connectivity index (χ4n) is 1.68. The lowest BCUT2D eigenvalue weighted by atomic mass is 10.3. The third-order valence-corrected chi connectivity index (χ3v) is 4.16. The van der Waals surface area contributed by atoms with Crippen LogP contribution in [0, 0.1) is 0 Å². The molecular weight excluding hydrogens is 268 g/mol. The van der Waals surface area contributed by atoms with E-state index in [9.17, 15) is 0 Å². The summed E-state index contributed by atoms with van der Waals surface area (Å²) in [5.41, 5.74) is 2.15. The van der Waals surface area contributed by atoms with E-state index in [0.29, 0.717) is 19.6 Å². The molecule has 0 saturated carbocycles. The lowest BCUT2D eigenvalue weighted by Gasteiger charge is -2.18. The predicted octanol–water partition coefficient (Wildman–Crippen LogP) is 1.66. The van der Waals surface area contributed by atoms with E-state index in [0.717, 1.165) is 16.3 Å². The molecule has 0 aliphatic rings. The first-order chi connectivity index (χ1) is 8.83. The zero-order chi connectivity index (χ0) is 12.8. The van der Waals surface area contributed by atoms with Gasteiger partial charge in [-0.1, -0.05) is 0 Å². The van der Waals surface area contributed by atoms with Crippen LogP contribution in [0.1, 0.15) is 5.69 Å². The smallest absolute Gasteiger partial charge is 0.124 e. The molecular formula is C12H16N2O2S2. The van der Waals surface area contributed by atoms with Crippen molar-refractivity contribution in [1.82, 2.24) is 9.88 Å². The first kappa shape index (κ1) is 13.6. The lowest BCUT2D eigenvalue weighted by molar-refractivity contribution is 0.155. The van der Waals surface area contributed by atoms with Gasteiger partial charge in [-0.3, -0.25) is 4.90 Å². The third kappa shape index (κ3) is 3.60. The summed E-state index contributed by atoms with van der Waals surface area (Å²) in [5, 5.41) is 25.1. The number of thiophene rings is 1. The molecule has 0 amide bonds. The number of hydrogen-bond donors (Lipinski definition) is 2. The zero-order valence-electron chi connectivity index (χ0n) is 9.95. The van der Waals surface area contributed by atoms with E-state index in [1.54, 1.807) is 22.7 Å². The maximum atomic E-state index is 8.96. The SMILES string of the molecule is OCCN(CCO)Cc1csc(-c2ccsc2)n1. The van der Waals surface area contributed by atoms with Crippen molar-refractivity contribution in [2.24, 2.45) is 0 Å². The highest BCUT2D eigenvalue weighted by atomic mass is 32.1. The van der Waals surface area contributed by atoms with Gasteiger partial charge in [0.25, 0.3) is 0 Å². The number of rotatable bonds is 7. The second-order valence-corrected chi connectivity index (χ2v) is 5.52. The highest BCUT2D eigenvalue weighted by Gasteiger charge is 2.09. The molecule has 2 N–H and O–H groups in total. The van der Waals surface area contributed by atoms with Gasteiger partial charge in [-0.05, 0) is 11.4 Å². The Hall–Kier alpha value is -0.790. The van der Waals surface area contributed by atoms with Gasteiger partial charge >= 0.3 is 0 Å². The molecule has 0 radical (unpaired) electrons. The summed E-state index contributed by atoms with van der Waals surface area (Å²) in [7, 11) is 0. The van der Waals surface area contributed by atoms with E-state index in [2.05, 4.69) is 16.4 Å². The Morgan fingerprint density at radius 1 is 1.17 bits per heavy atom. The Morgan fingerprint density at radius 3 is 2.56 bits per heavy atom. The van der Waals surface area contributed by atoms with E-state index < -0.39 is 0 Å². The van der Waals surface area contributed by atoms with Gasteiger partial charge < -0.3 is 10.2 Å². The Kier molecular flexibility index (Phi) is 5.27. The highest BCUT2D eigenvalue weighted by molar-refractivity contribution is 7.14. The molecule has 0 fully saturated rings. The quantitative estimate of drug-likeness (QED) is 0.812. The maximum Gasteiger partial charge on any atom is 0.124 e. The molecule has 0 aromatic carbocycles. The van der Waals surface area contributed by atoms with Gasteiger partial charge in [-0.25, -0.2) is 4.98 Å². The van der Waals surface area contributed by atoms with E-state index in [-0.39, 0.29) is 13.2 Å². The molecule has 0 bridgehead atoms. The molecule has 0 aliphatic heterocycles.